The summed E-state index contributed by atoms with van der Waals surface area (Å²) in [4.78, 5) is 0. The van der Waals surface area contributed by atoms with Crippen LogP contribution in [0.1, 0.15) is 35.6 Å². The maximum Gasteiger partial charge on any atom is 0.186 e. The van der Waals surface area contributed by atoms with Crippen molar-refractivity contribution in [3.8, 4) is 11.5 Å². The van der Waals surface area contributed by atoms with E-state index in [0.29, 0.717) is 12.2 Å². The van der Waals surface area contributed by atoms with E-state index in [1.807, 2.05) is 27.7 Å². The second-order valence-electron chi connectivity index (χ2n) is 7.64. The molecule has 1 aromatic rings. The lowest BCUT2D eigenvalue weighted by Gasteiger charge is -2.40. The molecule has 2 heterocycles. The van der Waals surface area contributed by atoms with Crippen LogP contribution in [0.25, 0.3) is 0 Å². The summed E-state index contributed by atoms with van der Waals surface area (Å²) in [5.74, 6) is 1.09. The van der Waals surface area contributed by atoms with Crippen molar-refractivity contribution >= 4 is 0 Å². The molecule has 0 aromatic heterocycles. The van der Waals surface area contributed by atoms with Gasteiger partial charge >= 0.3 is 0 Å². The molecule has 2 aliphatic rings. The van der Waals surface area contributed by atoms with Gasteiger partial charge in [0.1, 0.15) is 35.4 Å². The lowest BCUT2D eigenvalue weighted by molar-refractivity contribution is -0.278. The molecule has 1 aromatic carbocycles. The fourth-order valence-electron chi connectivity index (χ4n) is 3.58. The van der Waals surface area contributed by atoms with E-state index in [2.05, 4.69) is 0 Å². The van der Waals surface area contributed by atoms with E-state index in [9.17, 15) is 20.4 Å². The zero-order chi connectivity index (χ0) is 19.2. The van der Waals surface area contributed by atoms with Crippen LogP contribution in [0, 0.1) is 20.8 Å². The number of phenols is 1. The van der Waals surface area contributed by atoms with Crippen LogP contribution in [0.3, 0.4) is 0 Å². The normalized spacial score (nSPS) is 34.3. The van der Waals surface area contributed by atoms with Gasteiger partial charge in [-0.15, -0.1) is 0 Å². The van der Waals surface area contributed by atoms with Crippen LogP contribution in [0.5, 0.6) is 11.5 Å². The fraction of sp³-hybridized carbons (Fsp3) is 0.684. The van der Waals surface area contributed by atoms with Gasteiger partial charge in [0.15, 0.2) is 6.29 Å². The Morgan fingerprint density at radius 2 is 1.77 bits per heavy atom. The fourth-order valence-corrected chi connectivity index (χ4v) is 3.58. The average molecular weight is 368 g/mol. The average Bonchev–Trinajstić information content (AvgIpc) is 2.62. The van der Waals surface area contributed by atoms with Crippen LogP contribution in [0.2, 0.25) is 0 Å². The van der Waals surface area contributed by atoms with Gasteiger partial charge in [0, 0.05) is 5.56 Å². The van der Waals surface area contributed by atoms with E-state index < -0.39 is 30.2 Å². The number of hydrogen-bond acceptors (Lipinski definition) is 7. The topological polar surface area (TPSA) is 109 Å². The van der Waals surface area contributed by atoms with Gasteiger partial charge in [-0.3, -0.25) is 0 Å². The van der Waals surface area contributed by atoms with Crippen molar-refractivity contribution in [3.63, 3.8) is 0 Å². The Morgan fingerprint density at radius 3 is 2.46 bits per heavy atom. The Bertz CT molecular complexity index is 689. The van der Waals surface area contributed by atoms with Crippen molar-refractivity contribution in [2.24, 2.45) is 0 Å². The number of benzene rings is 1. The van der Waals surface area contributed by atoms with Crippen LogP contribution in [0.15, 0.2) is 0 Å². The Morgan fingerprint density at radius 1 is 1.08 bits per heavy atom. The number of ether oxygens (including phenoxy) is 3. The highest BCUT2D eigenvalue weighted by Gasteiger charge is 2.41. The van der Waals surface area contributed by atoms with Crippen molar-refractivity contribution in [1.29, 1.82) is 0 Å². The third kappa shape index (κ3) is 3.30. The molecule has 26 heavy (non-hydrogen) atoms. The summed E-state index contributed by atoms with van der Waals surface area (Å²) < 4.78 is 17.2. The van der Waals surface area contributed by atoms with Crippen molar-refractivity contribution < 1.29 is 34.6 Å². The van der Waals surface area contributed by atoms with Gasteiger partial charge in [-0.25, -0.2) is 0 Å². The number of aliphatic hydroxyl groups excluding tert-OH is 3. The van der Waals surface area contributed by atoms with Gasteiger partial charge in [0.05, 0.1) is 13.2 Å². The molecule has 3 rings (SSSR count). The molecule has 146 valence electrons. The molecular weight excluding hydrogens is 340 g/mol. The first kappa shape index (κ1) is 19.4. The lowest BCUT2D eigenvalue weighted by Crippen LogP contribution is -2.55. The molecule has 0 aliphatic carbocycles. The van der Waals surface area contributed by atoms with Crippen LogP contribution >= 0.6 is 0 Å². The zero-order valence-corrected chi connectivity index (χ0v) is 15.7. The van der Waals surface area contributed by atoms with Crippen LogP contribution < -0.4 is 4.74 Å². The molecule has 4 N–H and O–H groups in total. The third-order valence-electron chi connectivity index (χ3n) is 5.60. The summed E-state index contributed by atoms with van der Waals surface area (Å²) in [5, 5.41) is 39.5. The van der Waals surface area contributed by atoms with Crippen LogP contribution in [-0.2, 0) is 15.9 Å². The highest BCUT2D eigenvalue weighted by atomic mass is 16.7. The molecule has 1 fully saturated rings. The molecule has 2 aliphatic heterocycles. The minimum absolute atomic E-state index is 0.0972. The summed E-state index contributed by atoms with van der Waals surface area (Å²) in [6, 6.07) is 0. The molecular formula is C19H28O7. The number of rotatable bonds is 3. The minimum Gasteiger partial charge on any atom is -0.507 e. The van der Waals surface area contributed by atoms with Gasteiger partial charge in [-0.1, -0.05) is 0 Å². The van der Waals surface area contributed by atoms with E-state index >= 15 is 0 Å². The summed E-state index contributed by atoms with van der Waals surface area (Å²) in [7, 11) is 0. The molecule has 0 saturated carbocycles. The predicted molar refractivity (Wildman–Crippen MR) is 93.4 cm³/mol. The summed E-state index contributed by atoms with van der Waals surface area (Å²) >= 11 is 0. The van der Waals surface area contributed by atoms with E-state index in [1.165, 1.54) is 0 Å². The van der Waals surface area contributed by atoms with Gasteiger partial charge < -0.3 is 34.6 Å². The predicted octanol–water partition coefficient (Wildman–Crippen LogP) is 0.857. The van der Waals surface area contributed by atoms with E-state index in [0.717, 1.165) is 34.4 Å². The van der Waals surface area contributed by atoms with E-state index in [4.69, 9.17) is 14.2 Å². The number of fused-ring (bicyclic) bond motifs is 1. The minimum atomic E-state index is -1.32. The maximum atomic E-state index is 10.3. The van der Waals surface area contributed by atoms with E-state index in [-0.39, 0.29) is 13.2 Å². The first-order valence-electron chi connectivity index (χ1n) is 8.92. The first-order chi connectivity index (χ1) is 12.1. The largest absolute Gasteiger partial charge is 0.507 e. The third-order valence-corrected chi connectivity index (χ3v) is 5.60. The zero-order valence-electron chi connectivity index (χ0n) is 15.7. The standard InChI is InChI=1S/C19H28O7/c1-9-10(2)17-12(11(3)14(9)21)5-6-19(4,26-17)8-25-18-16(23)15(22)13(20)7-24-18/h13,15-16,18,20-23H,5-8H2,1-4H3/t13-,15+,16-,18+,19?/m1/s1. The van der Waals surface area contributed by atoms with Crippen molar-refractivity contribution in [2.45, 2.75) is 70.7 Å². The summed E-state index contributed by atoms with van der Waals surface area (Å²) in [6.45, 7) is 7.67. The molecule has 0 spiro atoms. The van der Waals surface area contributed by atoms with Gasteiger partial charge in [-0.2, -0.15) is 0 Å². The Balaban J connectivity index is 1.73. The van der Waals surface area contributed by atoms with Crippen LogP contribution in [0.4, 0.5) is 0 Å². The molecule has 0 amide bonds. The van der Waals surface area contributed by atoms with Crippen LogP contribution in [-0.4, -0.2) is 63.8 Å². The van der Waals surface area contributed by atoms with E-state index in [1.54, 1.807) is 0 Å². The summed E-state index contributed by atoms with van der Waals surface area (Å²) in [6.07, 6.45) is -3.34. The first-order valence-corrected chi connectivity index (χ1v) is 8.92. The van der Waals surface area contributed by atoms with Gasteiger partial charge in [-0.05, 0) is 57.2 Å². The van der Waals surface area contributed by atoms with Gasteiger partial charge in [0.2, 0.25) is 0 Å². The summed E-state index contributed by atoms with van der Waals surface area (Å²) in [5.41, 5.74) is 2.93. The smallest absolute Gasteiger partial charge is 0.186 e. The molecule has 5 atom stereocenters. The molecule has 1 unspecified atom stereocenters. The molecule has 7 nitrogen and oxygen atoms in total. The van der Waals surface area contributed by atoms with Crippen molar-refractivity contribution in [3.05, 3.63) is 22.3 Å². The quantitative estimate of drug-likeness (QED) is 0.626. The highest BCUT2D eigenvalue weighted by Crippen LogP contribution is 2.43. The number of hydrogen-bond donors (Lipinski definition) is 4. The molecule has 7 heteroatoms. The Kier molecular flexibility index (Phi) is 5.20. The second-order valence-corrected chi connectivity index (χ2v) is 7.64. The SMILES string of the molecule is Cc1c(C)c2c(c(C)c1O)CCC(C)(CO[C@@H]1OC[C@@H](O)[C@H](O)[C@H]1O)O2. The second kappa shape index (κ2) is 6.98. The van der Waals surface area contributed by atoms with Crippen molar-refractivity contribution in [2.75, 3.05) is 13.2 Å². The molecule has 0 radical (unpaired) electrons. The monoisotopic (exact) mass is 368 g/mol. The van der Waals surface area contributed by atoms with Gasteiger partial charge in [0.25, 0.3) is 0 Å². The van der Waals surface area contributed by atoms with Crippen molar-refractivity contribution in [1.82, 2.24) is 0 Å². The number of phenolic OH excluding ortho intramolecular Hbond substituents is 1. The molecule has 0 bridgehead atoms. The maximum absolute atomic E-state index is 10.3. The lowest BCUT2D eigenvalue weighted by atomic mass is 9.87. The Labute approximate surface area is 153 Å². The Hall–Kier alpha value is -1.38. The highest BCUT2D eigenvalue weighted by molar-refractivity contribution is 5.58. The number of aliphatic hydroxyl groups is 3. The molecule has 1 saturated heterocycles. The number of aromatic hydroxyl groups is 1.